The van der Waals surface area contributed by atoms with Crippen LogP contribution in [0, 0.1) is 0 Å². The number of carboxylic acid groups (broad SMARTS) is 2. The van der Waals surface area contributed by atoms with Gasteiger partial charge in [0.2, 0.25) is 0 Å². The second-order valence-corrected chi connectivity index (χ2v) is 6.34. The lowest BCUT2D eigenvalue weighted by molar-refractivity contribution is 0.0650. The zero-order chi connectivity index (χ0) is 17.4. The molecular formula is C19H28O4. The lowest BCUT2D eigenvalue weighted by atomic mass is 9.86. The van der Waals surface area contributed by atoms with E-state index >= 15 is 0 Å². The summed E-state index contributed by atoms with van der Waals surface area (Å²) in [5, 5.41) is 18.7. The highest BCUT2D eigenvalue weighted by atomic mass is 16.4. The van der Waals surface area contributed by atoms with Crippen LogP contribution in [0.2, 0.25) is 0 Å². The van der Waals surface area contributed by atoms with Crippen LogP contribution < -0.4 is 0 Å². The molecule has 0 aromatic heterocycles. The maximum Gasteiger partial charge on any atom is 0.336 e. The molecule has 0 aliphatic heterocycles. The molecule has 0 spiro atoms. The highest BCUT2D eigenvalue weighted by molar-refractivity contribution is 6.03. The lowest BCUT2D eigenvalue weighted by Gasteiger charge is -2.18. The quantitative estimate of drug-likeness (QED) is 0.587. The molecule has 1 aromatic carbocycles. The third kappa shape index (κ3) is 5.38. The van der Waals surface area contributed by atoms with Gasteiger partial charge in [-0.3, -0.25) is 0 Å². The Kier molecular flexibility index (Phi) is 7.79. The number of rotatable bonds is 10. The lowest BCUT2D eigenvalue weighted by Crippen LogP contribution is -2.14. The number of carboxylic acids is 2. The normalized spacial score (nSPS) is 11.0. The summed E-state index contributed by atoms with van der Waals surface area (Å²) < 4.78 is 0. The van der Waals surface area contributed by atoms with Gasteiger partial charge in [-0.1, -0.05) is 58.9 Å². The summed E-state index contributed by atoms with van der Waals surface area (Å²) in [6.45, 7) is 6.02. The van der Waals surface area contributed by atoms with E-state index < -0.39 is 11.9 Å². The highest BCUT2D eigenvalue weighted by Gasteiger charge is 2.24. The van der Waals surface area contributed by atoms with E-state index in [-0.39, 0.29) is 17.0 Å². The molecule has 23 heavy (non-hydrogen) atoms. The van der Waals surface area contributed by atoms with E-state index in [4.69, 9.17) is 0 Å². The molecular weight excluding hydrogens is 292 g/mol. The summed E-state index contributed by atoms with van der Waals surface area (Å²) in [6, 6.07) is 3.22. The van der Waals surface area contributed by atoms with E-state index in [0.29, 0.717) is 5.56 Å². The van der Waals surface area contributed by atoms with Gasteiger partial charge in [0.25, 0.3) is 0 Å². The summed E-state index contributed by atoms with van der Waals surface area (Å²) in [6.07, 6.45) is 7.86. The fraction of sp³-hybridized carbons (Fsp3) is 0.579. The van der Waals surface area contributed by atoms with Gasteiger partial charge in [-0.25, -0.2) is 9.59 Å². The Morgan fingerprint density at radius 3 is 2.09 bits per heavy atom. The van der Waals surface area contributed by atoms with E-state index in [1.54, 1.807) is 6.07 Å². The maximum absolute atomic E-state index is 11.6. The second-order valence-electron chi connectivity index (χ2n) is 6.34. The first-order valence-electron chi connectivity index (χ1n) is 8.52. The van der Waals surface area contributed by atoms with Crippen LogP contribution in [0.25, 0.3) is 0 Å². The summed E-state index contributed by atoms with van der Waals surface area (Å²) in [7, 11) is 0. The fourth-order valence-electron chi connectivity index (χ4n) is 3.04. The monoisotopic (exact) mass is 320 g/mol. The minimum Gasteiger partial charge on any atom is -0.478 e. The van der Waals surface area contributed by atoms with Crippen LogP contribution in [-0.2, 0) is 6.42 Å². The Balaban J connectivity index is 2.97. The second kappa shape index (κ2) is 9.33. The predicted molar refractivity (Wildman–Crippen MR) is 91.5 cm³/mol. The standard InChI is InChI=1S/C19H28O4/c1-4-5-6-7-8-9-10-14-11-12-15(18(20)21)17(19(22)23)16(14)13(2)3/h11-13H,4-10H2,1-3H3,(H,20,21)(H,22,23). The first-order chi connectivity index (χ1) is 10.9. The van der Waals surface area contributed by atoms with E-state index in [9.17, 15) is 19.8 Å². The molecule has 4 nitrogen and oxygen atoms in total. The zero-order valence-electron chi connectivity index (χ0n) is 14.4. The molecule has 0 saturated carbocycles. The summed E-state index contributed by atoms with van der Waals surface area (Å²) in [4.78, 5) is 22.9. The summed E-state index contributed by atoms with van der Waals surface area (Å²) in [5.74, 6) is -2.36. The average molecular weight is 320 g/mol. The van der Waals surface area contributed by atoms with E-state index in [1.807, 2.05) is 13.8 Å². The van der Waals surface area contributed by atoms with Crippen molar-refractivity contribution in [2.75, 3.05) is 0 Å². The minimum atomic E-state index is -1.18. The Bertz CT molecular complexity index is 547. The number of aryl methyl sites for hydroxylation is 1. The molecule has 0 amide bonds. The van der Waals surface area contributed by atoms with Gasteiger partial charge >= 0.3 is 11.9 Å². The number of hydrogen-bond acceptors (Lipinski definition) is 2. The Labute approximate surface area is 138 Å². The molecule has 2 N–H and O–H groups in total. The molecule has 1 aromatic rings. The van der Waals surface area contributed by atoms with Gasteiger partial charge in [-0.15, -0.1) is 0 Å². The third-order valence-corrected chi connectivity index (χ3v) is 4.16. The number of benzene rings is 1. The first-order valence-corrected chi connectivity index (χ1v) is 8.52. The van der Waals surface area contributed by atoms with Gasteiger partial charge in [0, 0.05) is 0 Å². The topological polar surface area (TPSA) is 74.6 Å². The van der Waals surface area contributed by atoms with Crippen LogP contribution in [0.3, 0.4) is 0 Å². The number of unbranched alkanes of at least 4 members (excludes halogenated alkanes) is 5. The summed E-state index contributed by atoms with van der Waals surface area (Å²) >= 11 is 0. The zero-order valence-corrected chi connectivity index (χ0v) is 14.4. The van der Waals surface area contributed by atoms with E-state index in [0.717, 1.165) is 24.8 Å². The van der Waals surface area contributed by atoms with Crippen molar-refractivity contribution in [2.24, 2.45) is 0 Å². The van der Waals surface area contributed by atoms with Gasteiger partial charge in [-0.05, 0) is 36.0 Å². The van der Waals surface area contributed by atoms with Gasteiger partial charge < -0.3 is 10.2 Å². The van der Waals surface area contributed by atoms with Gasteiger partial charge in [0.1, 0.15) is 0 Å². The molecule has 0 atom stereocenters. The molecule has 0 aliphatic rings. The van der Waals surface area contributed by atoms with Crippen molar-refractivity contribution < 1.29 is 19.8 Å². The number of aromatic carboxylic acids is 2. The maximum atomic E-state index is 11.6. The minimum absolute atomic E-state index is 0.0181. The molecule has 0 unspecified atom stereocenters. The van der Waals surface area contributed by atoms with Gasteiger partial charge in [0.05, 0.1) is 11.1 Å². The molecule has 0 heterocycles. The average Bonchev–Trinajstić information content (AvgIpc) is 2.49. The molecule has 4 heteroatoms. The Hall–Kier alpha value is -1.84. The van der Waals surface area contributed by atoms with Crippen LogP contribution in [0.5, 0.6) is 0 Å². The van der Waals surface area contributed by atoms with E-state index in [1.165, 1.54) is 31.7 Å². The smallest absolute Gasteiger partial charge is 0.336 e. The third-order valence-electron chi connectivity index (χ3n) is 4.16. The first kappa shape index (κ1) is 19.2. The van der Waals surface area contributed by atoms with Crippen LogP contribution in [0.1, 0.15) is 97.1 Å². The van der Waals surface area contributed by atoms with Crippen molar-refractivity contribution in [1.29, 1.82) is 0 Å². The molecule has 0 saturated heterocycles. The Morgan fingerprint density at radius 2 is 1.57 bits per heavy atom. The fourth-order valence-corrected chi connectivity index (χ4v) is 3.04. The summed E-state index contributed by atoms with van der Waals surface area (Å²) in [5.41, 5.74) is 1.48. The van der Waals surface area contributed by atoms with Crippen molar-refractivity contribution in [3.05, 3.63) is 34.4 Å². The van der Waals surface area contributed by atoms with Crippen LogP contribution >= 0.6 is 0 Å². The van der Waals surface area contributed by atoms with Crippen LogP contribution in [-0.4, -0.2) is 22.2 Å². The molecule has 0 aliphatic carbocycles. The molecule has 128 valence electrons. The molecule has 1 rings (SSSR count). The van der Waals surface area contributed by atoms with Crippen LogP contribution in [0.4, 0.5) is 0 Å². The largest absolute Gasteiger partial charge is 0.478 e. The number of carbonyl (C=O) groups is 2. The predicted octanol–water partition coefficient (Wildman–Crippen LogP) is 5.11. The van der Waals surface area contributed by atoms with Crippen molar-refractivity contribution in [3.63, 3.8) is 0 Å². The molecule has 0 bridgehead atoms. The highest BCUT2D eigenvalue weighted by Crippen LogP contribution is 2.28. The molecule has 0 radical (unpaired) electrons. The SMILES string of the molecule is CCCCCCCCc1ccc(C(=O)O)c(C(=O)O)c1C(C)C. The number of hydrogen-bond donors (Lipinski definition) is 2. The Morgan fingerprint density at radius 1 is 0.957 bits per heavy atom. The van der Waals surface area contributed by atoms with E-state index in [2.05, 4.69) is 6.92 Å². The van der Waals surface area contributed by atoms with Gasteiger partial charge in [0.15, 0.2) is 0 Å². The van der Waals surface area contributed by atoms with Gasteiger partial charge in [-0.2, -0.15) is 0 Å². The van der Waals surface area contributed by atoms with Crippen molar-refractivity contribution in [1.82, 2.24) is 0 Å². The molecule has 0 fully saturated rings. The van der Waals surface area contributed by atoms with Crippen molar-refractivity contribution in [2.45, 2.75) is 71.6 Å². The van der Waals surface area contributed by atoms with Crippen molar-refractivity contribution in [3.8, 4) is 0 Å². The van der Waals surface area contributed by atoms with Crippen molar-refractivity contribution >= 4 is 11.9 Å². The van der Waals surface area contributed by atoms with Crippen LogP contribution in [0.15, 0.2) is 12.1 Å².